The molecule has 9 nitrogen and oxygen atoms in total. The average Bonchev–Trinajstić information content (AvgIpc) is 3.08. The summed E-state index contributed by atoms with van der Waals surface area (Å²) in [5.74, 6) is -0.201. The Hall–Kier alpha value is -1.59. The Morgan fingerprint density at radius 2 is 1.19 bits per heavy atom. The van der Waals surface area contributed by atoms with Crippen molar-refractivity contribution < 1.29 is 39.8 Å². The van der Waals surface area contributed by atoms with Gasteiger partial charge in [-0.1, -0.05) is 134 Å². The van der Waals surface area contributed by atoms with E-state index in [9.17, 15) is 30.3 Å². The van der Waals surface area contributed by atoms with Crippen molar-refractivity contribution in [3.8, 4) is 0 Å². The lowest BCUT2D eigenvalue weighted by Crippen LogP contribution is -2.60. The maximum absolute atomic E-state index is 12.7. The van der Waals surface area contributed by atoms with Crippen molar-refractivity contribution in [3.63, 3.8) is 0 Å². The number of amides is 1. The van der Waals surface area contributed by atoms with Crippen molar-refractivity contribution >= 4 is 5.91 Å². The number of ether oxygens (including phenoxy) is 2. The number of hydrogen-bond acceptors (Lipinski definition) is 8. The first-order valence-electron chi connectivity index (χ1n) is 19.2. The molecular formula is C39H71NO8. The first-order valence-corrected chi connectivity index (χ1v) is 19.2. The molecule has 0 aliphatic carbocycles. The lowest BCUT2D eigenvalue weighted by atomic mass is 9.99. The fourth-order valence-corrected chi connectivity index (χ4v) is 5.77. The van der Waals surface area contributed by atoms with Crippen LogP contribution in [0.1, 0.15) is 149 Å². The highest BCUT2D eigenvalue weighted by molar-refractivity contribution is 5.76. The SMILES string of the molecule is CCCCCCCCCC/C=C/CC/C=C/CC/C=C/C(O)C(COC1OC(CO)C(O)C(O)C1O)NC(=O)CCCCCCCCC. The first kappa shape index (κ1) is 44.4. The van der Waals surface area contributed by atoms with Gasteiger partial charge < -0.3 is 40.3 Å². The normalized spacial score (nSPS) is 23.0. The van der Waals surface area contributed by atoms with Gasteiger partial charge in [0.1, 0.15) is 24.4 Å². The summed E-state index contributed by atoms with van der Waals surface area (Å²) in [5, 5.41) is 53.7. The van der Waals surface area contributed by atoms with Gasteiger partial charge in [-0.25, -0.2) is 0 Å². The van der Waals surface area contributed by atoms with Crippen molar-refractivity contribution in [1.29, 1.82) is 0 Å². The van der Waals surface area contributed by atoms with E-state index in [-0.39, 0.29) is 12.5 Å². The van der Waals surface area contributed by atoms with Crippen LogP contribution in [0.25, 0.3) is 0 Å². The highest BCUT2D eigenvalue weighted by Gasteiger charge is 2.44. The lowest BCUT2D eigenvalue weighted by molar-refractivity contribution is -0.302. The first-order chi connectivity index (χ1) is 23.3. The summed E-state index contributed by atoms with van der Waals surface area (Å²) in [5.41, 5.74) is 0. The second kappa shape index (κ2) is 30.3. The third-order valence-corrected chi connectivity index (χ3v) is 8.95. The predicted molar refractivity (Wildman–Crippen MR) is 193 cm³/mol. The second-order valence-corrected chi connectivity index (χ2v) is 13.4. The van der Waals surface area contributed by atoms with Crippen molar-refractivity contribution in [3.05, 3.63) is 36.5 Å². The van der Waals surface area contributed by atoms with E-state index in [1.807, 2.05) is 6.08 Å². The fourth-order valence-electron chi connectivity index (χ4n) is 5.77. The van der Waals surface area contributed by atoms with Gasteiger partial charge in [-0.05, 0) is 44.9 Å². The van der Waals surface area contributed by atoms with Gasteiger partial charge in [0.25, 0.3) is 0 Å². The zero-order valence-electron chi connectivity index (χ0n) is 30.2. The molecule has 0 aromatic rings. The van der Waals surface area contributed by atoms with Gasteiger partial charge >= 0.3 is 0 Å². The topological polar surface area (TPSA) is 149 Å². The molecule has 0 saturated carbocycles. The van der Waals surface area contributed by atoms with Crippen LogP contribution in [-0.4, -0.2) is 87.5 Å². The number of allylic oxidation sites excluding steroid dienone is 5. The molecule has 0 aromatic heterocycles. The maximum atomic E-state index is 12.7. The monoisotopic (exact) mass is 682 g/mol. The Morgan fingerprint density at radius 3 is 1.75 bits per heavy atom. The van der Waals surface area contributed by atoms with E-state index in [1.165, 1.54) is 83.5 Å². The number of aliphatic hydroxyl groups is 5. The van der Waals surface area contributed by atoms with Crippen LogP contribution < -0.4 is 5.32 Å². The van der Waals surface area contributed by atoms with Crippen LogP contribution in [0.5, 0.6) is 0 Å². The molecule has 6 N–H and O–H groups in total. The third-order valence-electron chi connectivity index (χ3n) is 8.95. The van der Waals surface area contributed by atoms with Gasteiger partial charge in [-0.3, -0.25) is 4.79 Å². The smallest absolute Gasteiger partial charge is 0.220 e. The molecule has 9 heteroatoms. The molecule has 0 aromatic carbocycles. The van der Waals surface area contributed by atoms with E-state index in [2.05, 4.69) is 43.5 Å². The summed E-state index contributed by atoms with van der Waals surface area (Å²) >= 11 is 0. The number of nitrogens with one attached hydrogen (secondary N) is 1. The molecule has 48 heavy (non-hydrogen) atoms. The number of hydrogen-bond donors (Lipinski definition) is 6. The Kier molecular flexibility index (Phi) is 28.0. The Labute approximate surface area is 291 Å². The minimum atomic E-state index is -1.57. The number of unbranched alkanes of at least 4 members (excludes halogenated alkanes) is 16. The highest BCUT2D eigenvalue weighted by Crippen LogP contribution is 2.22. The summed E-state index contributed by atoms with van der Waals surface area (Å²) in [6, 6.07) is -0.821. The van der Waals surface area contributed by atoms with E-state index in [0.29, 0.717) is 6.42 Å². The van der Waals surface area contributed by atoms with Crippen LogP contribution in [0.3, 0.4) is 0 Å². The van der Waals surface area contributed by atoms with Gasteiger partial charge in [-0.15, -0.1) is 0 Å². The number of carbonyl (C=O) groups is 1. The molecule has 1 saturated heterocycles. The Balaban J connectivity index is 2.45. The third kappa shape index (κ3) is 21.5. The summed E-state index contributed by atoms with van der Waals surface area (Å²) in [7, 11) is 0. The standard InChI is InChI=1S/C39H71NO8/c1-3-5-7-9-11-12-13-14-15-16-17-18-19-20-21-23-24-26-28-33(42)32(40-35(43)29-27-25-22-10-8-6-4-2)31-47-39-38(46)37(45)36(44)34(30-41)48-39/h16-17,20-21,26,28,32-34,36-39,41-42,44-46H,3-15,18-19,22-25,27,29-31H2,1-2H3,(H,40,43)/b17-16+,21-20+,28-26+. The molecule has 0 spiro atoms. The minimum Gasteiger partial charge on any atom is -0.394 e. The molecule has 1 amide bonds. The molecule has 0 radical (unpaired) electrons. The molecule has 280 valence electrons. The molecule has 7 unspecified atom stereocenters. The molecular weight excluding hydrogens is 610 g/mol. The average molecular weight is 682 g/mol. The quantitative estimate of drug-likeness (QED) is 0.0370. The van der Waals surface area contributed by atoms with Crippen LogP contribution in [0, 0.1) is 0 Å². The largest absolute Gasteiger partial charge is 0.394 e. The summed E-state index contributed by atoms with van der Waals surface area (Å²) in [6.45, 7) is 3.66. The molecule has 1 heterocycles. The second-order valence-electron chi connectivity index (χ2n) is 13.4. The predicted octanol–water partition coefficient (Wildman–Crippen LogP) is 6.55. The van der Waals surface area contributed by atoms with E-state index in [1.54, 1.807) is 6.08 Å². The fraction of sp³-hybridized carbons (Fsp3) is 0.821. The Morgan fingerprint density at radius 1 is 0.688 bits per heavy atom. The zero-order valence-corrected chi connectivity index (χ0v) is 30.2. The molecule has 1 aliphatic heterocycles. The van der Waals surface area contributed by atoms with Crippen LogP contribution in [-0.2, 0) is 14.3 Å². The van der Waals surface area contributed by atoms with E-state index in [4.69, 9.17) is 9.47 Å². The van der Waals surface area contributed by atoms with E-state index < -0.39 is 49.5 Å². The van der Waals surface area contributed by atoms with Crippen LogP contribution in [0.2, 0.25) is 0 Å². The number of aliphatic hydroxyl groups excluding tert-OH is 5. The summed E-state index contributed by atoms with van der Waals surface area (Å²) < 4.78 is 11.1. The van der Waals surface area contributed by atoms with E-state index >= 15 is 0 Å². The van der Waals surface area contributed by atoms with Gasteiger partial charge in [0, 0.05) is 6.42 Å². The van der Waals surface area contributed by atoms with Gasteiger partial charge in [0.2, 0.25) is 5.91 Å². The van der Waals surface area contributed by atoms with Crippen molar-refractivity contribution in [1.82, 2.24) is 5.32 Å². The Bertz CT molecular complexity index is 848. The summed E-state index contributed by atoms with van der Waals surface area (Å²) in [6.07, 6.45) is 27.8. The van der Waals surface area contributed by atoms with E-state index in [0.717, 1.165) is 44.9 Å². The van der Waals surface area contributed by atoms with Crippen molar-refractivity contribution in [2.75, 3.05) is 13.2 Å². The van der Waals surface area contributed by atoms with Gasteiger partial charge in [0.15, 0.2) is 6.29 Å². The summed E-state index contributed by atoms with van der Waals surface area (Å²) in [4.78, 5) is 12.7. The minimum absolute atomic E-state index is 0.201. The van der Waals surface area contributed by atoms with Crippen molar-refractivity contribution in [2.24, 2.45) is 0 Å². The maximum Gasteiger partial charge on any atom is 0.220 e. The van der Waals surface area contributed by atoms with Gasteiger partial charge in [0.05, 0.1) is 25.4 Å². The van der Waals surface area contributed by atoms with Crippen LogP contribution in [0.15, 0.2) is 36.5 Å². The number of rotatable bonds is 30. The molecule has 1 rings (SSSR count). The number of carbonyl (C=O) groups excluding carboxylic acids is 1. The van der Waals surface area contributed by atoms with Crippen LogP contribution in [0.4, 0.5) is 0 Å². The highest BCUT2D eigenvalue weighted by atomic mass is 16.7. The van der Waals surface area contributed by atoms with Crippen molar-refractivity contribution in [2.45, 2.75) is 192 Å². The van der Waals surface area contributed by atoms with Crippen LogP contribution >= 0.6 is 0 Å². The molecule has 0 bridgehead atoms. The van der Waals surface area contributed by atoms with Gasteiger partial charge in [-0.2, -0.15) is 0 Å². The molecule has 7 atom stereocenters. The zero-order chi connectivity index (χ0) is 35.2. The molecule has 1 aliphatic rings. The molecule has 1 fully saturated rings. The lowest BCUT2D eigenvalue weighted by Gasteiger charge is -2.40.